The van der Waals surface area contributed by atoms with Crippen LogP contribution in [0.4, 0.5) is 5.69 Å². The first kappa shape index (κ1) is 19.0. The molecule has 2 aromatic carbocycles. The van der Waals surface area contributed by atoms with Crippen LogP contribution in [0.1, 0.15) is 18.1 Å². The van der Waals surface area contributed by atoms with Gasteiger partial charge in [-0.1, -0.05) is 46.3 Å². The first-order valence-corrected chi connectivity index (χ1v) is 8.80. The molecule has 5 nitrogen and oxygen atoms in total. The quantitative estimate of drug-likeness (QED) is 0.593. The Labute approximate surface area is 157 Å². The van der Waals surface area contributed by atoms with E-state index >= 15 is 0 Å². The van der Waals surface area contributed by atoms with E-state index in [0.29, 0.717) is 6.54 Å². The zero-order valence-electron chi connectivity index (χ0n) is 14.7. The minimum absolute atomic E-state index is 0.0749. The molecule has 132 valence electrons. The number of hydrogen-bond donors (Lipinski definition) is 2. The van der Waals surface area contributed by atoms with Gasteiger partial charge in [0.25, 0.3) is 0 Å². The number of aliphatic imine (C=N–C) groups is 1. The summed E-state index contributed by atoms with van der Waals surface area (Å²) in [6.45, 7) is 2.87. The molecule has 2 rings (SSSR count). The van der Waals surface area contributed by atoms with E-state index in [4.69, 9.17) is 0 Å². The van der Waals surface area contributed by atoms with Crippen LogP contribution in [0.3, 0.4) is 0 Å². The molecular formula is C19H23BrN4O. The van der Waals surface area contributed by atoms with Crippen LogP contribution in [0.2, 0.25) is 0 Å². The van der Waals surface area contributed by atoms with Crippen molar-refractivity contribution in [3.8, 4) is 0 Å². The maximum Gasteiger partial charge on any atom is 0.221 e. The summed E-state index contributed by atoms with van der Waals surface area (Å²) in [6, 6.07) is 15.9. The van der Waals surface area contributed by atoms with Gasteiger partial charge in [0.15, 0.2) is 5.96 Å². The Morgan fingerprint density at radius 2 is 1.96 bits per heavy atom. The summed E-state index contributed by atoms with van der Waals surface area (Å²) in [7, 11) is 3.77. The van der Waals surface area contributed by atoms with Crippen molar-refractivity contribution in [2.75, 3.05) is 19.4 Å². The summed E-state index contributed by atoms with van der Waals surface area (Å²) >= 11 is 3.58. The third kappa shape index (κ3) is 5.90. The van der Waals surface area contributed by atoms with Crippen LogP contribution in [0, 0.1) is 0 Å². The molecular weight excluding hydrogens is 380 g/mol. The molecule has 0 saturated carbocycles. The highest BCUT2D eigenvalue weighted by Gasteiger charge is 2.08. The number of nitrogens with one attached hydrogen (secondary N) is 2. The van der Waals surface area contributed by atoms with Crippen molar-refractivity contribution in [3.63, 3.8) is 0 Å². The van der Waals surface area contributed by atoms with Crippen molar-refractivity contribution in [2.24, 2.45) is 4.99 Å². The van der Waals surface area contributed by atoms with Gasteiger partial charge in [-0.05, 0) is 29.3 Å². The van der Waals surface area contributed by atoms with Crippen molar-refractivity contribution >= 4 is 33.5 Å². The zero-order chi connectivity index (χ0) is 18.2. The molecule has 0 heterocycles. The van der Waals surface area contributed by atoms with Crippen molar-refractivity contribution in [1.29, 1.82) is 0 Å². The molecule has 1 amide bonds. The lowest BCUT2D eigenvalue weighted by molar-refractivity contribution is -0.114. The summed E-state index contributed by atoms with van der Waals surface area (Å²) in [6.07, 6.45) is 0. The summed E-state index contributed by atoms with van der Waals surface area (Å²) in [5, 5.41) is 6.15. The van der Waals surface area contributed by atoms with Gasteiger partial charge in [-0.3, -0.25) is 9.79 Å². The number of carbonyl (C=O) groups excluding carboxylic acids is 1. The van der Waals surface area contributed by atoms with E-state index in [-0.39, 0.29) is 5.91 Å². The van der Waals surface area contributed by atoms with Gasteiger partial charge in [0, 0.05) is 44.3 Å². The van der Waals surface area contributed by atoms with Crippen LogP contribution in [-0.2, 0) is 17.9 Å². The predicted octanol–water partition coefficient (Wildman–Crippen LogP) is 3.61. The lowest BCUT2D eigenvalue weighted by Crippen LogP contribution is -2.38. The van der Waals surface area contributed by atoms with Gasteiger partial charge in [-0.15, -0.1) is 0 Å². The second-order valence-electron chi connectivity index (χ2n) is 5.73. The van der Waals surface area contributed by atoms with E-state index in [1.54, 1.807) is 7.05 Å². The standard InChI is InChI=1S/C19H23BrN4O/c1-14(25)23-17-9-6-7-15(11-17)12-22-19(21-2)24(3)13-16-8-4-5-10-18(16)20/h4-11H,12-13H2,1-3H3,(H,21,22)(H,23,25). The van der Waals surface area contributed by atoms with E-state index in [0.717, 1.165) is 28.2 Å². The van der Waals surface area contributed by atoms with E-state index in [2.05, 4.69) is 42.5 Å². The van der Waals surface area contributed by atoms with Crippen molar-refractivity contribution in [3.05, 3.63) is 64.1 Å². The van der Waals surface area contributed by atoms with Gasteiger partial charge in [0.2, 0.25) is 5.91 Å². The number of rotatable bonds is 5. The number of anilines is 1. The Balaban J connectivity index is 1.98. The fraction of sp³-hybridized carbons (Fsp3) is 0.263. The molecule has 0 saturated heterocycles. The Morgan fingerprint density at radius 1 is 1.20 bits per heavy atom. The topological polar surface area (TPSA) is 56.7 Å². The largest absolute Gasteiger partial charge is 0.352 e. The molecule has 2 aromatic rings. The normalized spacial score (nSPS) is 11.1. The van der Waals surface area contributed by atoms with Gasteiger partial charge >= 0.3 is 0 Å². The minimum atomic E-state index is -0.0749. The average molecular weight is 403 g/mol. The molecule has 25 heavy (non-hydrogen) atoms. The van der Waals surface area contributed by atoms with E-state index < -0.39 is 0 Å². The van der Waals surface area contributed by atoms with Crippen LogP contribution in [-0.4, -0.2) is 30.9 Å². The second kappa shape index (κ2) is 9.22. The Kier molecular flexibility index (Phi) is 7.01. The molecule has 0 aliphatic heterocycles. The predicted molar refractivity (Wildman–Crippen MR) is 107 cm³/mol. The zero-order valence-corrected chi connectivity index (χ0v) is 16.3. The minimum Gasteiger partial charge on any atom is -0.352 e. The van der Waals surface area contributed by atoms with Crippen molar-refractivity contribution in [2.45, 2.75) is 20.0 Å². The first-order valence-electron chi connectivity index (χ1n) is 8.01. The molecule has 0 bridgehead atoms. The lowest BCUT2D eigenvalue weighted by Gasteiger charge is -2.23. The van der Waals surface area contributed by atoms with Crippen LogP contribution < -0.4 is 10.6 Å². The number of carbonyl (C=O) groups is 1. The molecule has 0 aliphatic carbocycles. The SMILES string of the molecule is CN=C(NCc1cccc(NC(C)=O)c1)N(C)Cc1ccccc1Br. The molecule has 0 atom stereocenters. The van der Waals surface area contributed by atoms with E-state index in [1.807, 2.05) is 49.5 Å². The molecule has 6 heteroatoms. The summed E-state index contributed by atoms with van der Waals surface area (Å²) in [5.41, 5.74) is 3.06. The molecule has 0 fully saturated rings. The molecule has 0 unspecified atom stereocenters. The summed E-state index contributed by atoms with van der Waals surface area (Å²) in [5.74, 6) is 0.731. The Morgan fingerprint density at radius 3 is 2.64 bits per heavy atom. The molecule has 0 spiro atoms. The number of benzene rings is 2. The molecule has 0 aromatic heterocycles. The Bertz CT molecular complexity index is 761. The summed E-state index contributed by atoms with van der Waals surface area (Å²) < 4.78 is 1.08. The van der Waals surface area contributed by atoms with Crippen LogP contribution in [0.5, 0.6) is 0 Å². The van der Waals surface area contributed by atoms with Crippen LogP contribution >= 0.6 is 15.9 Å². The lowest BCUT2D eigenvalue weighted by atomic mass is 10.2. The number of amides is 1. The van der Waals surface area contributed by atoms with Crippen LogP contribution in [0.25, 0.3) is 0 Å². The van der Waals surface area contributed by atoms with Crippen LogP contribution in [0.15, 0.2) is 58.0 Å². The van der Waals surface area contributed by atoms with Gasteiger partial charge in [0.05, 0.1) is 0 Å². The van der Waals surface area contributed by atoms with Gasteiger partial charge < -0.3 is 15.5 Å². The van der Waals surface area contributed by atoms with Gasteiger partial charge in [-0.2, -0.15) is 0 Å². The molecule has 0 aliphatic rings. The van der Waals surface area contributed by atoms with Crippen molar-refractivity contribution in [1.82, 2.24) is 10.2 Å². The maximum absolute atomic E-state index is 11.2. The number of halogens is 1. The second-order valence-corrected chi connectivity index (χ2v) is 6.58. The highest BCUT2D eigenvalue weighted by atomic mass is 79.9. The van der Waals surface area contributed by atoms with Gasteiger partial charge in [-0.25, -0.2) is 0 Å². The Hall–Kier alpha value is -2.34. The molecule has 2 N–H and O–H groups in total. The number of nitrogens with zero attached hydrogens (tertiary/aromatic N) is 2. The third-order valence-corrected chi connectivity index (χ3v) is 4.41. The fourth-order valence-corrected chi connectivity index (χ4v) is 2.90. The monoisotopic (exact) mass is 402 g/mol. The maximum atomic E-state index is 11.2. The fourth-order valence-electron chi connectivity index (χ4n) is 2.49. The smallest absolute Gasteiger partial charge is 0.221 e. The van der Waals surface area contributed by atoms with E-state index in [9.17, 15) is 4.79 Å². The highest BCUT2D eigenvalue weighted by molar-refractivity contribution is 9.10. The first-order chi connectivity index (χ1) is 12.0. The average Bonchev–Trinajstić information content (AvgIpc) is 2.57. The summed E-state index contributed by atoms with van der Waals surface area (Å²) in [4.78, 5) is 17.6. The number of hydrogen-bond acceptors (Lipinski definition) is 2. The van der Waals surface area contributed by atoms with Gasteiger partial charge in [0.1, 0.15) is 0 Å². The van der Waals surface area contributed by atoms with E-state index in [1.165, 1.54) is 12.5 Å². The third-order valence-electron chi connectivity index (χ3n) is 3.64. The highest BCUT2D eigenvalue weighted by Crippen LogP contribution is 2.17. The van der Waals surface area contributed by atoms with Crippen molar-refractivity contribution < 1.29 is 4.79 Å². The molecule has 0 radical (unpaired) electrons. The number of guanidine groups is 1.